The van der Waals surface area contributed by atoms with E-state index in [4.69, 9.17) is 11.6 Å². The first kappa shape index (κ1) is 15.0. The Morgan fingerprint density at radius 1 is 1.15 bits per heavy atom. The van der Waals surface area contributed by atoms with Gasteiger partial charge < -0.3 is 5.32 Å². The van der Waals surface area contributed by atoms with Crippen molar-refractivity contribution < 1.29 is 4.39 Å². The Morgan fingerprint density at radius 3 is 2.45 bits per heavy atom. The van der Waals surface area contributed by atoms with Gasteiger partial charge >= 0.3 is 0 Å². The van der Waals surface area contributed by atoms with Crippen LogP contribution in [0.4, 0.5) is 4.39 Å². The minimum atomic E-state index is -0.302. The van der Waals surface area contributed by atoms with Crippen molar-refractivity contribution in [2.45, 2.75) is 32.9 Å². The van der Waals surface area contributed by atoms with Crippen LogP contribution in [0.15, 0.2) is 42.5 Å². The van der Waals surface area contributed by atoms with Crippen molar-refractivity contribution in [3.63, 3.8) is 0 Å². The van der Waals surface area contributed by atoms with E-state index in [1.807, 2.05) is 0 Å². The maximum atomic E-state index is 13.0. The van der Waals surface area contributed by atoms with Gasteiger partial charge in [0.15, 0.2) is 0 Å². The predicted molar refractivity (Wildman–Crippen MR) is 82.5 cm³/mol. The van der Waals surface area contributed by atoms with Crippen LogP contribution in [0.3, 0.4) is 0 Å². The van der Waals surface area contributed by atoms with Gasteiger partial charge in [0.25, 0.3) is 0 Å². The van der Waals surface area contributed by atoms with Gasteiger partial charge in [-0.05, 0) is 36.6 Å². The average Bonchev–Trinajstić information content (AvgIpc) is 2.43. The van der Waals surface area contributed by atoms with E-state index in [-0.39, 0.29) is 11.9 Å². The van der Waals surface area contributed by atoms with E-state index < -0.39 is 0 Å². The minimum Gasteiger partial charge on any atom is -0.306 e. The minimum absolute atomic E-state index is 0.275. The lowest BCUT2D eigenvalue weighted by Crippen LogP contribution is -2.20. The molecule has 20 heavy (non-hydrogen) atoms. The molecule has 0 spiro atoms. The lowest BCUT2D eigenvalue weighted by Gasteiger charge is -2.18. The highest BCUT2D eigenvalue weighted by molar-refractivity contribution is 6.31. The fourth-order valence-electron chi connectivity index (χ4n) is 2.19. The Labute approximate surface area is 124 Å². The zero-order valence-electron chi connectivity index (χ0n) is 11.8. The Morgan fingerprint density at radius 2 is 1.85 bits per heavy atom. The molecule has 0 fully saturated rings. The first-order valence-electron chi connectivity index (χ1n) is 6.84. The highest BCUT2D eigenvalue weighted by Crippen LogP contribution is 2.21. The monoisotopic (exact) mass is 291 g/mol. The van der Waals surface area contributed by atoms with Gasteiger partial charge in [-0.1, -0.05) is 54.4 Å². The molecule has 0 bridgehead atoms. The molecule has 0 aliphatic carbocycles. The zero-order valence-corrected chi connectivity index (χ0v) is 12.5. The number of hydrogen-bond acceptors (Lipinski definition) is 1. The Hall–Kier alpha value is -1.38. The van der Waals surface area contributed by atoms with E-state index >= 15 is 0 Å². The highest BCUT2D eigenvalue weighted by Gasteiger charge is 2.09. The molecule has 0 radical (unpaired) electrons. The topological polar surface area (TPSA) is 12.0 Å². The summed E-state index contributed by atoms with van der Waals surface area (Å²) in [6.45, 7) is 4.85. The predicted octanol–water partition coefficient (Wildman–Crippen LogP) is 5.03. The Balaban J connectivity index is 2.05. The van der Waals surface area contributed by atoms with Crippen LogP contribution in [0.2, 0.25) is 5.02 Å². The number of nitrogens with one attached hydrogen (secondary N) is 1. The number of aryl methyl sites for hydroxylation is 1. The van der Waals surface area contributed by atoms with Gasteiger partial charge in [-0.25, -0.2) is 4.39 Å². The van der Waals surface area contributed by atoms with Crippen LogP contribution in [-0.2, 0) is 6.54 Å². The number of halogens is 2. The molecule has 0 amide bonds. The fraction of sp³-hybridized carbons (Fsp3) is 0.294. The standard InChI is InChI=1S/C17H19ClFN/c1-3-17(13-6-4-12(2)5-7-13)20-11-14-8-9-15(19)10-16(14)18/h4-10,17,20H,3,11H2,1-2H3. The molecule has 0 saturated heterocycles. The van der Waals surface area contributed by atoms with Gasteiger partial charge in [0.2, 0.25) is 0 Å². The summed E-state index contributed by atoms with van der Waals surface area (Å²) in [6, 6.07) is 13.3. The molecule has 1 N–H and O–H groups in total. The van der Waals surface area contributed by atoms with Gasteiger partial charge in [0.1, 0.15) is 5.82 Å². The van der Waals surface area contributed by atoms with Crippen LogP contribution in [0, 0.1) is 12.7 Å². The molecule has 1 atom stereocenters. The summed E-state index contributed by atoms with van der Waals surface area (Å²) >= 11 is 6.04. The van der Waals surface area contributed by atoms with Crippen LogP contribution >= 0.6 is 11.6 Å². The number of rotatable bonds is 5. The molecule has 2 aromatic rings. The normalized spacial score (nSPS) is 12.4. The summed E-state index contributed by atoms with van der Waals surface area (Å²) in [6.07, 6.45) is 0.988. The second kappa shape index (κ2) is 6.87. The van der Waals surface area contributed by atoms with Crippen molar-refractivity contribution in [1.29, 1.82) is 0 Å². The van der Waals surface area contributed by atoms with E-state index in [1.165, 1.54) is 23.3 Å². The van der Waals surface area contributed by atoms with Crippen LogP contribution in [-0.4, -0.2) is 0 Å². The van der Waals surface area contributed by atoms with E-state index in [0.717, 1.165) is 12.0 Å². The average molecular weight is 292 g/mol. The molecule has 0 aliphatic rings. The second-order valence-electron chi connectivity index (χ2n) is 4.99. The molecule has 0 saturated carbocycles. The molecule has 2 rings (SSSR count). The molecule has 0 aromatic heterocycles. The first-order chi connectivity index (χ1) is 9.60. The summed E-state index contributed by atoms with van der Waals surface area (Å²) in [7, 11) is 0. The summed E-state index contributed by atoms with van der Waals surface area (Å²) in [5.74, 6) is -0.302. The number of hydrogen-bond donors (Lipinski definition) is 1. The van der Waals surface area contributed by atoms with Crippen molar-refractivity contribution in [1.82, 2.24) is 5.32 Å². The van der Waals surface area contributed by atoms with E-state index in [0.29, 0.717) is 11.6 Å². The van der Waals surface area contributed by atoms with Gasteiger partial charge in [-0.2, -0.15) is 0 Å². The third kappa shape index (κ3) is 3.81. The quantitative estimate of drug-likeness (QED) is 0.815. The lowest BCUT2D eigenvalue weighted by atomic mass is 10.0. The van der Waals surface area contributed by atoms with Crippen LogP contribution in [0.25, 0.3) is 0 Å². The van der Waals surface area contributed by atoms with Gasteiger partial charge in [0, 0.05) is 17.6 Å². The summed E-state index contributed by atoms with van der Waals surface area (Å²) in [5, 5.41) is 3.94. The van der Waals surface area contributed by atoms with Crippen molar-refractivity contribution in [3.05, 3.63) is 70.0 Å². The molecule has 0 heterocycles. The molecule has 106 valence electrons. The summed E-state index contributed by atoms with van der Waals surface area (Å²) in [4.78, 5) is 0. The van der Waals surface area contributed by atoms with Gasteiger partial charge in [0.05, 0.1) is 0 Å². The Bertz CT molecular complexity index is 566. The number of benzene rings is 2. The maximum Gasteiger partial charge on any atom is 0.124 e. The zero-order chi connectivity index (χ0) is 14.5. The fourth-order valence-corrected chi connectivity index (χ4v) is 2.43. The lowest BCUT2D eigenvalue weighted by molar-refractivity contribution is 0.518. The smallest absolute Gasteiger partial charge is 0.124 e. The van der Waals surface area contributed by atoms with E-state index in [2.05, 4.69) is 43.4 Å². The molecular weight excluding hydrogens is 273 g/mol. The molecule has 1 unspecified atom stereocenters. The first-order valence-corrected chi connectivity index (χ1v) is 7.22. The van der Waals surface area contributed by atoms with E-state index in [9.17, 15) is 4.39 Å². The van der Waals surface area contributed by atoms with Gasteiger partial charge in [-0.15, -0.1) is 0 Å². The van der Waals surface area contributed by atoms with Crippen LogP contribution in [0.5, 0.6) is 0 Å². The van der Waals surface area contributed by atoms with Crippen molar-refractivity contribution in [2.24, 2.45) is 0 Å². The largest absolute Gasteiger partial charge is 0.306 e. The summed E-state index contributed by atoms with van der Waals surface area (Å²) in [5.41, 5.74) is 3.43. The molecular formula is C17H19ClFN. The SMILES string of the molecule is CCC(NCc1ccc(F)cc1Cl)c1ccc(C)cc1. The molecule has 2 aromatic carbocycles. The molecule has 0 aliphatic heterocycles. The maximum absolute atomic E-state index is 13.0. The second-order valence-corrected chi connectivity index (χ2v) is 5.40. The van der Waals surface area contributed by atoms with Gasteiger partial charge in [-0.3, -0.25) is 0 Å². The Kier molecular flexibility index (Phi) is 5.16. The van der Waals surface area contributed by atoms with Crippen molar-refractivity contribution >= 4 is 11.6 Å². The van der Waals surface area contributed by atoms with Crippen molar-refractivity contribution in [3.8, 4) is 0 Å². The molecule has 1 nitrogen and oxygen atoms in total. The third-order valence-corrected chi connectivity index (χ3v) is 3.79. The summed E-state index contributed by atoms with van der Waals surface area (Å²) < 4.78 is 13.0. The van der Waals surface area contributed by atoms with Crippen LogP contribution in [0.1, 0.15) is 36.1 Å². The van der Waals surface area contributed by atoms with Crippen LogP contribution < -0.4 is 5.32 Å². The van der Waals surface area contributed by atoms with Crippen molar-refractivity contribution in [2.75, 3.05) is 0 Å². The van der Waals surface area contributed by atoms with E-state index in [1.54, 1.807) is 6.07 Å². The highest BCUT2D eigenvalue weighted by atomic mass is 35.5. The third-order valence-electron chi connectivity index (χ3n) is 3.44. The molecule has 3 heteroatoms.